The Balaban J connectivity index is 2.10. The molecule has 7 nitrogen and oxygen atoms in total. The zero-order valence-electron chi connectivity index (χ0n) is 11.1. The van der Waals surface area contributed by atoms with Crippen LogP contribution in [0.5, 0.6) is 0 Å². The van der Waals surface area contributed by atoms with E-state index >= 15 is 0 Å². The van der Waals surface area contributed by atoms with Gasteiger partial charge in [-0.15, -0.1) is 0 Å². The van der Waals surface area contributed by atoms with Crippen LogP contribution in [-0.4, -0.2) is 14.3 Å². The van der Waals surface area contributed by atoms with Gasteiger partial charge in [0.25, 0.3) is 10.0 Å². The van der Waals surface area contributed by atoms with Gasteiger partial charge >= 0.3 is 0 Å². The number of hydrogen-bond donors (Lipinski definition) is 3. The van der Waals surface area contributed by atoms with Crippen LogP contribution in [-0.2, 0) is 27.8 Å². The molecule has 0 fully saturated rings. The summed E-state index contributed by atoms with van der Waals surface area (Å²) in [5.41, 5.74) is 6.67. The van der Waals surface area contributed by atoms with Gasteiger partial charge in [0, 0.05) is 5.69 Å². The summed E-state index contributed by atoms with van der Waals surface area (Å²) in [5.74, 6) is -0.0216. The van der Waals surface area contributed by atoms with E-state index in [0.717, 1.165) is 11.3 Å². The number of furan rings is 1. The molecule has 1 amide bonds. The lowest BCUT2D eigenvalue weighted by Gasteiger charge is -2.09. The number of nitrogens with one attached hydrogen (secondary N) is 1. The van der Waals surface area contributed by atoms with Crippen molar-refractivity contribution in [3.05, 3.63) is 47.7 Å². The first kappa shape index (κ1) is 15.1. The third-order valence-corrected chi connectivity index (χ3v) is 3.53. The fourth-order valence-electron chi connectivity index (χ4n) is 1.82. The van der Waals surface area contributed by atoms with Gasteiger partial charge in [-0.3, -0.25) is 4.79 Å². The zero-order chi connectivity index (χ0) is 15.5. The first-order chi connectivity index (χ1) is 9.86. The third-order valence-electron chi connectivity index (χ3n) is 2.75. The minimum atomic E-state index is -3.84. The maximum atomic E-state index is 11.1. The predicted octanol–water partition coefficient (Wildman–Crippen LogP) is 0.567. The summed E-state index contributed by atoms with van der Waals surface area (Å²) in [7, 11) is -3.84. The number of rotatable bonds is 6. The Morgan fingerprint density at radius 2 is 1.90 bits per heavy atom. The number of anilines is 1. The molecule has 1 aromatic heterocycles. The van der Waals surface area contributed by atoms with E-state index in [-0.39, 0.29) is 18.1 Å². The lowest BCUT2D eigenvalue weighted by molar-refractivity contribution is -0.117. The second-order valence-electron chi connectivity index (χ2n) is 4.42. The Morgan fingerprint density at radius 3 is 2.52 bits per heavy atom. The van der Waals surface area contributed by atoms with E-state index in [0.29, 0.717) is 5.76 Å². The summed E-state index contributed by atoms with van der Waals surface area (Å²) in [6, 6.07) is 10.00. The van der Waals surface area contributed by atoms with Gasteiger partial charge in [-0.1, -0.05) is 18.2 Å². The first-order valence-electron chi connectivity index (χ1n) is 6.08. The van der Waals surface area contributed by atoms with E-state index in [9.17, 15) is 13.2 Å². The van der Waals surface area contributed by atoms with Crippen molar-refractivity contribution in [3.8, 4) is 0 Å². The monoisotopic (exact) mass is 309 g/mol. The number of sulfonamides is 1. The smallest absolute Gasteiger partial charge is 0.271 e. The fourth-order valence-corrected chi connectivity index (χ4v) is 2.30. The largest absolute Gasteiger partial charge is 0.446 e. The van der Waals surface area contributed by atoms with Crippen LogP contribution >= 0.6 is 0 Å². The van der Waals surface area contributed by atoms with Gasteiger partial charge in [-0.2, -0.15) is 0 Å². The molecule has 0 saturated heterocycles. The lowest BCUT2D eigenvalue weighted by atomic mass is 10.1. The molecule has 0 radical (unpaired) electrons. The number of nitrogens with two attached hydrogens (primary N) is 2. The highest BCUT2D eigenvalue weighted by Gasteiger charge is 2.13. The molecule has 21 heavy (non-hydrogen) atoms. The second kappa shape index (κ2) is 5.98. The number of amides is 1. The van der Waals surface area contributed by atoms with Crippen LogP contribution in [0.4, 0.5) is 5.69 Å². The minimum absolute atomic E-state index is 0.115. The highest BCUT2D eigenvalue weighted by Crippen LogP contribution is 2.18. The van der Waals surface area contributed by atoms with Crippen LogP contribution < -0.4 is 16.2 Å². The van der Waals surface area contributed by atoms with Gasteiger partial charge in [0.2, 0.25) is 11.0 Å². The van der Waals surface area contributed by atoms with Crippen molar-refractivity contribution >= 4 is 21.6 Å². The van der Waals surface area contributed by atoms with Crippen molar-refractivity contribution in [2.75, 3.05) is 5.32 Å². The molecule has 0 aliphatic carbocycles. The average molecular weight is 309 g/mol. The number of benzene rings is 1. The first-order valence-corrected chi connectivity index (χ1v) is 7.62. The van der Waals surface area contributed by atoms with E-state index in [1.54, 1.807) is 18.2 Å². The zero-order valence-corrected chi connectivity index (χ0v) is 11.9. The summed E-state index contributed by atoms with van der Waals surface area (Å²) in [6.07, 6.45) is 0.115. The maximum Gasteiger partial charge on any atom is 0.271 e. The number of hydrogen-bond acceptors (Lipinski definition) is 5. The van der Waals surface area contributed by atoms with Crippen LogP contribution in [0.1, 0.15) is 11.3 Å². The molecule has 0 bridgehead atoms. The molecule has 0 unspecified atom stereocenters. The van der Waals surface area contributed by atoms with Gasteiger partial charge in [0.05, 0.1) is 13.0 Å². The van der Waals surface area contributed by atoms with Gasteiger partial charge in [0.15, 0.2) is 0 Å². The topological polar surface area (TPSA) is 128 Å². The SMILES string of the molecule is NC(=O)Cc1ccccc1NCc1ccc(S(N)(=O)=O)o1. The van der Waals surface area contributed by atoms with Gasteiger partial charge < -0.3 is 15.5 Å². The van der Waals surface area contributed by atoms with E-state index in [1.807, 2.05) is 6.07 Å². The predicted molar refractivity (Wildman–Crippen MR) is 76.7 cm³/mol. The Labute approximate surface area is 122 Å². The van der Waals surface area contributed by atoms with Gasteiger partial charge in [0.1, 0.15) is 5.76 Å². The van der Waals surface area contributed by atoms with Crippen LogP contribution in [0, 0.1) is 0 Å². The molecule has 0 aliphatic rings. The summed E-state index contributed by atoms with van der Waals surface area (Å²) < 4.78 is 27.3. The Bertz CT molecular complexity index is 752. The van der Waals surface area contributed by atoms with Crippen LogP contribution in [0.25, 0.3) is 0 Å². The molecular formula is C13H15N3O4S. The van der Waals surface area contributed by atoms with Crippen molar-refractivity contribution < 1.29 is 17.6 Å². The standard InChI is InChI=1S/C13H15N3O4S/c14-12(17)7-9-3-1-2-4-11(9)16-8-10-5-6-13(20-10)21(15,18)19/h1-6,16H,7-8H2,(H2,14,17)(H2,15,18,19). The third kappa shape index (κ3) is 4.07. The molecule has 2 aromatic rings. The molecular weight excluding hydrogens is 294 g/mol. The fraction of sp³-hybridized carbons (Fsp3) is 0.154. The Kier molecular flexibility index (Phi) is 4.29. The Hall–Kier alpha value is -2.32. The van der Waals surface area contributed by atoms with E-state index in [2.05, 4.69) is 5.32 Å². The minimum Gasteiger partial charge on any atom is -0.446 e. The number of para-hydroxylation sites is 1. The number of carbonyl (C=O) groups excluding carboxylic acids is 1. The number of primary sulfonamides is 1. The van der Waals surface area contributed by atoms with Crippen LogP contribution in [0.15, 0.2) is 45.9 Å². The van der Waals surface area contributed by atoms with Crippen molar-refractivity contribution in [1.29, 1.82) is 0 Å². The molecule has 0 spiro atoms. The van der Waals surface area contributed by atoms with Gasteiger partial charge in [-0.05, 0) is 23.8 Å². The summed E-state index contributed by atoms with van der Waals surface area (Å²) in [5, 5.41) is 7.74. The summed E-state index contributed by atoms with van der Waals surface area (Å²) in [6.45, 7) is 0.255. The quantitative estimate of drug-likeness (QED) is 0.718. The van der Waals surface area contributed by atoms with Crippen molar-refractivity contribution in [2.24, 2.45) is 10.9 Å². The van der Waals surface area contributed by atoms with Crippen molar-refractivity contribution in [1.82, 2.24) is 0 Å². The molecule has 112 valence electrons. The normalized spacial score (nSPS) is 11.3. The summed E-state index contributed by atoms with van der Waals surface area (Å²) in [4.78, 5) is 11.0. The van der Waals surface area contributed by atoms with Crippen molar-refractivity contribution in [2.45, 2.75) is 18.1 Å². The number of carbonyl (C=O) groups is 1. The van der Waals surface area contributed by atoms with E-state index in [1.165, 1.54) is 12.1 Å². The Morgan fingerprint density at radius 1 is 1.19 bits per heavy atom. The molecule has 1 aromatic carbocycles. The lowest BCUT2D eigenvalue weighted by Crippen LogP contribution is -2.15. The van der Waals surface area contributed by atoms with Gasteiger partial charge in [-0.25, -0.2) is 13.6 Å². The van der Waals surface area contributed by atoms with Crippen molar-refractivity contribution in [3.63, 3.8) is 0 Å². The van der Waals surface area contributed by atoms with Crippen LogP contribution in [0.2, 0.25) is 0 Å². The maximum absolute atomic E-state index is 11.1. The molecule has 5 N–H and O–H groups in total. The molecule has 0 atom stereocenters. The van der Waals surface area contributed by atoms with E-state index < -0.39 is 15.9 Å². The second-order valence-corrected chi connectivity index (χ2v) is 5.91. The molecule has 0 saturated carbocycles. The molecule has 0 aliphatic heterocycles. The highest BCUT2D eigenvalue weighted by molar-refractivity contribution is 7.89. The number of primary amides is 1. The summed E-state index contributed by atoms with van der Waals surface area (Å²) >= 11 is 0. The average Bonchev–Trinajstić information content (AvgIpc) is 2.86. The van der Waals surface area contributed by atoms with Crippen LogP contribution in [0.3, 0.4) is 0 Å². The highest BCUT2D eigenvalue weighted by atomic mass is 32.2. The molecule has 8 heteroatoms. The molecule has 1 heterocycles. The van der Waals surface area contributed by atoms with E-state index in [4.69, 9.17) is 15.3 Å². The molecule has 2 rings (SSSR count).